The molecule has 10 heteroatoms. The molecule has 210 valence electrons. The average molecular weight is 586 g/mol. The molecule has 2 aliphatic heterocycles. The number of thiocarbonyl (C=S) groups is 1. The molecule has 1 aromatic heterocycles. The molecule has 2 aliphatic rings. The van der Waals surface area contributed by atoms with Crippen LogP contribution in [0.4, 0.5) is 11.5 Å². The number of pyridine rings is 1. The number of rotatable bonds is 7. The molecule has 0 N–H and O–H groups in total. The quantitative estimate of drug-likeness (QED) is 0.289. The number of nitrogens with zero attached hydrogens (tertiary/aromatic N) is 5. The molecule has 41 heavy (non-hydrogen) atoms. The van der Waals surface area contributed by atoms with Gasteiger partial charge in [-0.05, 0) is 55.3 Å². The van der Waals surface area contributed by atoms with Crippen molar-refractivity contribution < 1.29 is 9.53 Å². The summed E-state index contributed by atoms with van der Waals surface area (Å²) in [6.07, 6.45) is 1.81. The van der Waals surface area contributed by atoms with Gasteiger partial charge < -0.3 is 14.5 Å². The number of benzene rings is 2. The Morgan fingerprint density at radius 2 is 1.68 bits per heavy atom. The molecule has 0 bridgehead atoms. The number of ether oxygens (including phenoxy) is 1. The Morgan fingerprint density at radius 3 is 2.29 bits per heavy atom. The summed E-state index contributed by atoms with van der Waals surface area (Å²) < 4.78 is 7.37. The van der Waals surface area contributed by atoms with Crippen LogP contribution in [0.1, 0.15) is 29.2 Å². The molecule has 5 rings (SSSR count). The standard InChI is InChI=1S/C31H31N5O3S2/c1-4-35-28(34-16-14-33(15-17-34)23-8-6-5-7-9-23)25(21(2)26(19-32)29(35)37)18-27-30(38)36(31(40)41-27)20-22-10-12-24(39-3)13-11-22/h5-13,18H,4,14-17,20H2,1-3H3. The van der Waals surface area contributed by atoms with E-state index in [9.17, 15) is 14.9 Å². The summed E-state index contributed by atoms with van der Waals surface area (Å²) in [5.74, 6) is 1.29. The van der Waals surface area contributed by atoms with Gasteiger partial charge >= 0.3 is 0 Å². The minimum absolute atomic E-state index is 0.0958. The van der Waals surface area contributed by atoms with Gasteiger partial charge in [-0.25, -0.2) is 0 Å². The van der Waals surface area contributed by atoms with Crippen molar-refractivity contribution in [1.29, 1.82) is 5.26 Å². The van der Waals surface area contributed by atoms with Gasteiger partial charge in [-0.2, -0.15) is 5.26 Å². The summed E-state index contributed by atoms with van der Waals surface area (Å²) in [6.45, 7) is 7.39. The highest BCUT2D eigenvalue weighted by molar-refractivity contribution is 8.26. The molecule has 0 atom stereocenters. The number of nitriles is 1. The smallest absolute Gasteiger partial charge is 0.270 e. The van der Waals surface area contributed by atoms with E-state index >= 15 is 0 Å². The maximum atomic E-state index is 13.6. The summed E-state index contributed by atoms with van der Waals surface area (Å²) in [5.41, 5.74) is 3.17. The molecular formula is C31H31N5O3S2. The van der Waals surface area contributed by atoms with E-state index in [0.29, 0.717) is 46.5 Å². The van der Waals surface area contributed by atoms with Crippen LogP contribution in [0.25, 0.3) is 6.08 Å². The average Bonchev–Trinajstić information content (AvgIpc) is 3.26. The van der Waals surface area contributed by atoms with Gasteiger partial charge in [-0.15, -0.1) is 0 Å². The SMILES string of the molecule is CCn1c(N2CCN(c3ccccc3)CC2)c(C=C2SC(=S)N(Cc3ccc(OC)cc3)C2=O)c(C)c(C#N)c1=O. The first kappa shape index (κ1) is 28.5. The minimum Gasteiger partial charge on any atom is -0.497 e. The van der Waals surface area contributed by atoms with E-state index in [1.165, 1.54) is 11.8 Å². The van der Waals surface area contributed by atoms with Crippen LogP contribution in [-0.4, -0.2) is 53.0 Å². The molecule has 3 heterocycles. The highest BCUT2D eigenvalue weighted by Crippen LogP contribution is 2.37. The number of piperazine rings is 1. The zero-order valence-corrected chi connectivity index (χ0v) is 24.9. The van der Waals surface area contributed by atoms with E-state index in [-0.39, 0.29) is 17.0 Å². The summed E-state index contributed by atoms with van der Waals surface area (Å²) in [4.78, 5) is 33.6. The van der Waals surface area contributed by atoms with E-state index < -0.39 is 0 Å². The lowest BCUT2D eigenvalue weighted by Crippen LogP contribution is -2.48. The van der Waals surface area contributed by atoms with E-state index in [1.807, 2.05) is 55.5 Å². The van der Waals surface area contributed by atoms with Crippen LogP contribution in [0.5, 0.6) is 5.75 Å². The molecule has 0 unspecified atom stereocenters. The van der Waals surface area contributed by atoms with Crippen LogP contribution in [0.2, 0.25) is 0 Å². The van der Waals surface area contributed by atoms with Crippen molar-refractivity contribution in [1.82, 2.24) is 9.47 Å². The first-order chi connectivity index (χ1) is 19.9. The third-order valence-electron chi connectivity index (χ3n) is 7.51. The second kappa shape index (κ2) is 12.2. The Morgan fingerprint density at radius 1 is 1.02 bits per heavy atom. The third-order valence-corrected chi connectivity index (χ3v) is 8.89. The van der Waals surface area contributed by atoms with Crippen LogP contribution < -0.4 is 20.1 Å². The number of methoxy groups -OCH3 is 1. The number of carbonyl (C=O) groups excluding carboxylic acids is 1. The zero-order valence-electron chi connectivity index (χ0n) is 23.3. The van der Waals surface area contributed by atoms with Crippen molar-refractivity contribution in [2.75, 3.05) is 43.1 Å². The van der Waals surface area contributed by atoms with Gasteiger partial charge in [0.1, 0.15) is 27.5 Å². The van der Waals surface area contributed by atoms with Gasteiger partial charge in [-0.1, -0.05) is 54.3 Å². The number of para-hydroxylation sites is 1. The van der Waals surface area contributed by atoms with Gasteiger partial charge in [0.2, 0.25) is 0 Å². The zero-order chi connectivity index (χ0) is 29.1. The summed E-state index contributed by atoms with van der Waals surface area (Å²) in [6, 6.07) is 19.9. The lowest BCUT2D eigenvalue weighted by Gasteiger charge is -2.39. The van der Waals surface area contributed by atoms with E-state index in [1.54, 1.807) is 23.5 Å². The lowest BCUT2D eigenvalue weighted by molar-refractivity contribution is -0.122. The first-order valence-electron chi connectivity index (χ1n) is 13.5. The van der Waals surface area contributed by atoms with Crippen LogP contribution in [0.15, 0.2) is 64.3 Å². The second-order valence-electron chi connectivity index (χ2n) is 9.82. The number of amides is 1. The predicted octanol–water partition coefficient (Wildman–Crippen LogP) is 4.78. The predicted molar refractivity (Wildman–Crippen MR) is 168 cm³/mol. The fourth-order valence-electron chi connectivity index (χ4n) is 5.27. The van der Waals surface area contributed by atoms with Crippen LogP contribution in [0.3, 0.4) is 0 Å². The van der Waals surface area contributed by atoms with Crippen molar-refractivity contribution in [3.8, 4) is 11.8 Å². The van der Waals surface area contributed by atoms with Gasteiger partial charge in [0.15, 0.2) is 0 Å². The van der Waals surface area contributed by atoms with Gasteiger partial charge in [0.25, 0.3) is 11.5 Å². The molecule has 2 saturated heterocycles. The van der Waals surface area contributed by atoms with Crippen molar-refractivity contribution >= 4 is 51.8 Å². The van der Waals surface area contributed by atoms with Crippen LogP contribution >= 0.6 is 24.0 Å². The molecule has 0 aliphatic carbocycles. The molecule has 3 aromatic rings. The largest absolute Gasteiger partial charge is 0.497 e. The highest BCUT2D eigenvalue weighted by atomic mass is 32.2. The molecule has 0 radical (unpaired) electrons. The van der Waals surface area contributed by atoms with Crippen LogP contribution in [0, 0.1) is 18.3 Å². The van der Waals surface area contributed by atoms with Gasteiger partial charge in [-0.3, -0.25) is 19.1 Å². The number of hydrogen-bond donors (Lipinski definition) is 0. The number of anilines is 2. The van der Waals surface area contributed by atoms with Crippen molar-refractivity contribution in [2.45, 2.75) is 26.9 Å². The minimum atomic E-state index is -0.308. The maximum Gasteiger partial charge on any atom is 0.270 e. The fraction of sp³-hybridized carbons (Fsp3) is 0.290. The summed E-state index contributed by atoms with van der Waals surface area (Å²) in [7, 11) is 1.61. The van der Waals surface area contributed by atoms with E-state index in [0.717, 1.165) is 35.9 Å². The highest BCUT2D eigenvalue weighted by Gasteiger charge is 2.33. The Hall–Kier alpha value is -4.07. The van der Waals surface area contributed by atoms with Crippen molar-refractivity contribution in [2.24, 2.45) is 0 Å². The summed E-state index contributed by atoms with van der Waals surface area (Å²) in [5, 5.41) is 9.89. The number of thioether (sulfide) groups is 1. The topological polar surface area (TPSA) is 81.8 Å². The molecule has 2 fully saturated rings. The normalized spacial score (nSPS) is 16.4. The number of aromatic nitrogens is 1. The van der Waals surface area contributed by atoms with Crippen molar-refractivity contribution in [3.63, 3.8) is 0 Å². The van der Waals surface area contributed by atoms with E-state index in [2.05, 4.69) is 28.0 Å². The maximum absolute atomic E-state index is 13.6. The Kier molecular flexibility index (Phi) is 8.47. The molecule has 2 aromatic carbocycles. The molecule has 8 nitrogen and oxygen atoms in total. The Bertz CT molecular complexity index is 1600. The first-order valence-corrected chi connectivity index (χ1v) is 14.7. The van der Waals surface area contributed by atoms with Crippen molar-refractivity contribution in [3.05, 3.63) is 92.1 Å². The summed E-state index contributed by atoms with van der Waals surface area (Å²) >= 11 is 6.85. The third kappa shape index (κ3) is 5.60. The van der Waals surface area contributed by atoms with E-state index in [4.69, 9.17) is 17.0 Å². The van der Waals surface area contributed by atoms with Crippen LogP contribution in [-0.2, 0) is 17.9 Å². The fourth-order valence-corrected chi connectivity index (χ4v) is 6.51. The molecule has 1 amide bonds. The number of hydrogen-bond acceptors (Lipinski definition) is 8. The molecule has 0 spiro atoms. The monoisotopic (exact) mass is 585 g/mol. The molecule has 0 saturated carbocycles. The Labute approximate surface area is 249 Å². The number of carbonyl (C=O) groups is 1. The second-order valence-corrected chi connectivity index (χ2v) is 11.5. The molecular weight excluding hydrogens is 555 g/mol. The Balaban J connectivity index is 1.50. The van der Waals surface area contributed by atoms with Gasteiger partial charge in [0, 0.05) is 44.0 Å². The lowest BCUT2D eigenvalue weighted by atomic mass is 10.0. The van der Waals surface area contributed by atoms with Gasteiger partial charge in [0.05, 0.1) is 18.6 Å².